The zero-order chi connectivity index (χ0) is 9.68. The van der Waals surface area contributed by atoms with Crippen LogP contribution in [0.15, 0.2) is 0 Å². The molecule has 0 radical (unpaired) electrons. The van der Waals surface area contributed by atoms with E-state index >= 15 is 0 Å². The van der Waals surface area contributed by atoms with Gasteiger partial charge >= 0.3 is 0 Å². The summed E-state index contributed by atoms with van der Waals surface area (Å²) in [5, 5.41) is 13.6. The van der Waals surface area contributed by atoms with Crippen LogP contribution < -0.4 is 5.32 Å². The van der Waals surface area contributed by atoms with Crippen molar-refractivity contribution < 1.29 is 0 Å². The Morgan fingerprint density at radius 1 is 1.23 bits per heavy atom. The molecule has 0 aliphatic carbocycles. The minimum absolute atomic E-state index is 0.539. The Hall–Kier alpha value is -0.640. The summed E-state index contributed by atoms with van der Waals surface area (Å²) in [6.07, 6.45) is 3.25. The largest absolute Gasteiger partial charge is 0.357 e. The van der Waals surface area contributed by atoms with Gasteiger partial charge in [-0.15, -0.1) is 10.2 Å². The van der Waals surface area contributed by atoms with Crippen LogP contribution in [-0.4, -0.2) is 16.2 Å². The lowest BCUT2D eigenvalue weighted by molar-refractivity contribution is 0.669. The van der Waals surface area contributed by atoms with Crippen LogP contribution in [0.2, 0.25) is 0 Å². The molecule has 74 valence electrons. The first-order valence-electron chi connectivity index (χ1n) is 4.89. The number of hydrogen-bond acceptors (Lipinski definition) is 4. The van der Waals surface area contributed by atoms with Crippen LogP contribution in [0, 0.1) is 0 Å². The highest BCUT2D eigenvalue weighted by Gasteiger charge is 2.06. The molecule has 1 heterocycles. The predicted molar refractivity (Wildman–Crippen MR) is 57.3 cm³/mol. The Labute approximate surface area is 83.6 Å². The number of nitrogens with zero attached hydrogens (tertiary/aromatic N) is 2. The van der Waals surface area contributed by atoms with Crippen molar-refractivity contribution in [2.45, 2.75) is 46.1 Å². The summed E-state index contributed by atoms with van der Waals surface area (Å²) in [6, 6.07) is 0.539. The van der Waals surface area contributed by atoms with Crippen LogP contribution in [0.4, 0.5) is 5.13 Å². The minimum Gasteiger partial charge on any atom is -0.357 e. The molecule has 0 fully saturated rings. The third kappa shape index (κ3) is 2.95. The second kappa shape index (κ2) is 5.17. The number of aryl methyl sites for hydroxylation is 1. The lowest BCUT2D eigenvalue weighted by Crippen LogP contribution is -2.16. The van der Waals surface area contributed by atoms with E-state index < -0.39 is 0 Å². The maximum atomic E-state index is 4.08. The van der Waals surface area contributed by atoms with Gasteiger partial charge in [-0.3, -0.25) is 0 Å². The van der Waals surface area contributed by atoms with Gasteiger partial charge in [0.15, 0.2) is 0 Å². The molecule has 0 spiro atoms. The van der Waals surface area contributed by atoms with Gasteiger partial charge in [-0.2, -0.15) is 0 Å². The molecular formula is C9H17N3S. The van der Waals surface area contributed by atoms with Crippen molar-refractivity contribution in [1.29, 1.82) is 0 Å². The van der Waals surface area contributed by atoms with Crippen molar-refractivity contribution in [3.05, 3.63) is 5.01 Å². The van der Waals surface area contributed by atoms with Crippen molar-refractivity contribution in [2.24, 2.45) is 0 Å². The minimum atomic E-state index is 0.539. The van der Waals surface area contributed by atoms with Crippen LogP contribution in [0.1, 0.15) is 38.6 Å². The van der Waals surface area contributed by atoms with Gasteiger partial charge in [0.2, 0.25) is 5.13 Å². The molecule has 0 aromatic carbocycles. The summed E-state index contributed by atoms with van der Waals surface area (Å²) < 4.78 is 0. The molecule has 0 unspecified atom stereocenters. The first-order chi connectivity index (χ1) is 6.30. The average molecular weight is 199 g/mol. The third-order valence-electron chi connectivity index (χ3n) is 2.08. The van der Waals surface area contributed by atoms with Gasteiger partial charge in [0.1, 0.15) is 5.01 Å². The molecule has 3 nitrogen and oxygen atoms in total. The average Bonchev–Trinajstić information content (AvgIpc) is 2.61. The van der Waals surface area contributed by atoms with E-state index in [0.717, 1.165) is 29.4 Å². The highest BCUT2D eigenvalue weighted by atomic mass is 32.1. The number of nitrogens with one attached hydrogen (secondary N) is 1. The number of hydrogen-bond donors (Lipinski definition) is 1. The van der Waals surface area contributed by atoms with E-state index in [-0.39, 0.29) is 0 Å². The van der Waals surface area contributed by atoms with Crippen LogP contribution in [0.5, 0.6) is 0 Å². The number of anilines is 1. The second-order valence-corrected chi connectivity index (χ2v) is 4.07. The molecule has 0 aliphatic heterocycles. The molecule has 1 rings (SSSR count). The summed E-state index contributed by atoms with van der Waals surface area (Å²) in [7, 11) is 0. The molecular weight excluding hydrogens is 182 g/mol. The Morgan fingerprint density at radius 2 is 1.92 bits per heavy atom. The standard InChI is InChI=1S/C9H17N3S/c1-4-7(5-2)10-9-12-11-8(6-3)13-9/h7H,4-6H2,1-3H3,(H,10,12). The monoisotopic (exact) mass is 199 g/mol. The molecule has 1 aromatic heterocycles. The third-order valence-corrected chi connectivity index (χ3v) is 3.08. The second-order valence-electron chi connectivity index (χ2n) is 3.01. The van der Waals surface area contributed by atoms with E-state index in [1.807, 2.05) is 0 Å². The van der Waals surface area contributed by atoms with Crippen molar-refractivity contribution in [3.63, 3.8) is 0 Å². The van der Waals surface area contributed by atoms with Gasteiger partial charge in [0, 0.05) is 6.04 Å². The topological polar surface area (TPSA) is 37.8 Å². The SMILES string of the molecule is CCc1nnc(NC(CC)CC)s1. The zero-order valence-corrected chi connectivity index (χ0v) is 9.32. The summed E-state index contributed by atoms with van der Waals surface area (Å²) in [5.41, 5.74) is 0. The van der Waals surface area contributed by atoms with Crippen LogP contribution in [0.3, 0.4) is 0 Å². The van der Waals surface area contributed by atoms with Gasteiger partial charge in [0.05, 0.1) is 0 Å². The predicted octanol–water partition coefficient (Wildman–Crippen LogP) is 2.70. The quantitative estimate of drug-likeness (QED) is 0.792. The Kier molecular flexibility index (Phi) is 4.15. The van der Waals surface area contributed by atoms with Gasteiger partial charge in [-0.25, -0.2) is 0 Å². The van der Waals surface area contributed by atoms with Gasteiger partial charge < -0.3 is 5.32 Å². The van der Waals surface area contributed by atoms with Crippen molar-refractivity contribution in [2.75, 3.05) is 5.32 Å². The molecule has 4 heteroatoms. The fraction of sp³-hybridized carbons (Fsp3) is 0.778. The molecule has 0 amide bonds. The fourth-order valence-electron chi connectivity index (χ4n) is 1.12. The van der Waals surface area contributed by atoms with Crippen LogP contribution in [-0.2, 0) is 6.42 Å². The maximum Gasteiger partial charge on any atom is 0.205 e. The van der Waals surface area contributed by atoms with E-state index in [0.29, 0.717) is 6.04 Å². The molecule has 0 atom stereocenters. The first kappa shape index (κ1) is 10.4. The maximum absolute atomic E-state index is 4.08. The van der Waals surface area contributed by atoms with Crippen molar-refractivity contribution in [3.8, 4) is 0 Å². The smallest absolute Gasteiger partial charge is 0.205 e. The number of rotatable bonds is 5. The fourth-order valence-corrected chi connectivity index (χ4v) is 1.88. The lowest BCUT2D eigenvalue weighted by atomic mass is 10.2. The molecule has 0 saturated heterocycles. The van der Waals surface area contributed by atoms with Gasteiger partial charge in [-0.05, 0) is 19.3 Å². The Bertz CT molecular complexity index is 243. The highest BCUT2D eigenvalue weighted by Crippen LogP contribution is 2.17. The lowest BCUT2D eigenvalue weighted by Gasteiger charge is -2.12. The zero-order valence-electron chi connectivity index (χ0n) is 8.50. The molecule has 13 heavy (non-hydrogen) atoms. The van der Waals surface area contributed by atoms with Crippen molar-refractivity contribution >= 4 is 16.5 Å². The van der Waals surface area contributed by atoms with E-state index in [2.05, 4.69) is 36.3 Å². The Balaban J connectivity index is 2.52. The summed E-state index contributed by atoms with van der Waals surface area (Å²) in [4.78, 5) is 0. The van der Waals surface area contributed by atoms with E-state index in [1.165, 1.54) is 0 Å². The molecule has 1 aromatic rings. The normalized spacial score (nSPS) is 10.8. The van der Waals surface area contributed by atoms with E-state index in [9.17, 15) is 0 Å². The highest BCUT2D eigenvalue weighted by molar-refractivity contribution is 7.15. The molecule has 0 saturated carbocycles. The van der Waals surface area contributed by atoms with Crippen LogP contribution >= 0.6 is 11.3 Å². The molecule has 1 N–H and O–H groups in total. The summed E-state index contributed by atoms with van der Waals surface area (Å²) >= 11 is 1.66. The molecule has 0 aliphatic rings. The van der Waals surface area contributed by atoms with Crippen molar-refractivity contribution in [1.82, 2.24) is 10.2 Å². The number of aromatic nitrogens is 2. The first-order valence-corrected chi connectivity index (χ1v) is 5.70. The van der Waals surface area contributed by atoms with Gasteiger partial charge in [-0.1, -0.05) is 32.1 Å². The van der Waals surface area contributed by atoms with Crippen LogP contribution in [0.25, 0.3) is 0 Å². The van der Waals surface area contributed by atoms with E-state index in [1.54, 1.807) is 11.3 Å². The molecule has 0 bridgehead atoms. The summed E-state index contributed by atoms with van der Waals surface area (Å²) in [5.74, 6) is 0. The van der Waals surface area contributed by atoms with Gasteiger partial charge in [0.25, 0.3) is 0 Å². The Morgan fingerprint density at radius 3 is 2.38 bits per heavy atom. The summed E-state index contributed by atoms with van der Waals surface area (Å²) in [6.45, 7) is 6.47. The van der Waals surface area contributed by atoms with E-state index in [4.69, 9.17) is 0 Å².